The molecule has 4 rings (SSSR count). The molecule has 0 spiro atoms. The topological polar surface area (TPSA) is 38.4 Å². The third-order valence-corrected chi connectivity index (χ3v) is 5.34. The molecule has 1 aliphatic carbocycles. The average molecular weight is 336 g/mol. The van der Waals surface area contributed by atoms with Crippen molar-refractivity contribution in [1.82, 2.24) is 9.47 Å². The molecule has 1 aromatic heterocycles. The van der Waals surface area contributed by atoms with E-state index in [1.54, 1.807) is 4.57 Å². The average Bonchev–Trinajstić information content (AvgIpc) is 2.96. The van der Waals surface area contributed by atoms with Crippen LogP contribution in [-0.4, -0.2) is 23.1 Å². The molecule has 0 N–H and O–H groups in total. The van der Waals surface area contributed by atoms with Crippen LogP contribution < -0.4 is 5.76 Å². The van der Waals surface area contributed by atoms with E-state index in [9.17, 15) is 4.79 Å². The van der Waals surface area contributed by atoms with E-state index >= 15 is 0 Å². The molecule has 0 unspecified atom stereocenters. The van der Waals surface area contributed by atoms with Crippen molar-refractivity contribution in [2.24, 2.45) is 0 Å². The molecule has 1 aliphatic rings. The molecule has 1 heterocycles. The summed E-state index contributed by atoms with van der Waals surface area (Å²) < 4.78 is 7.06. The van der Waals surface area contributed by atoms with Crippen molar-refractivity contribution in [3.63, 3.8) is 0 Å². The molecule has 3 aromatic rings. The van der Waals surface area contributed by atoms with Crippen molar-refractivity contribution in [2.75, 3.05) is 13.6 Å². The van der Waals surface area contributed by atoms with Crippen LogP contribution >= 0.6 is 0 Å². The van der Waals surface area contributed by atoms with E-state index in [2.05, 4.69) is 36.2 Å². The number of benzene rings is 2. The van der Waals surface area contributed by atoms with Crippen molar-refractivity contribution in [2.45, 2.75) is 38.3 Å². The van der Waals surface area contributed by atoms with Crippen molar-refractivity contribution >= 4 is 11.1 Å². The Morgan fingerprint density at radius 3 is 2.88 bits per heavy atom. The molecule has 0 fully saturated rings. The van der Waals surface area contributed by atoms with Gasteiger partial charge in [-0.1, -0.05) is 36.4 Å². The maximum absolute atomic E-state index is 12.1. The molecule has 0 radical (unpaired) electrons. The summed E-state index contributed by atoms with van der Waals surface area (Å²) in [5.41, 5.74) is 4.52. The molecule has 4 heteroatoms. The van der Waals surface area contributed by atoms with E-state index in [0.717, 1.165) is 18.5 Å². The van der Waals surface area contributed by atoms with Crippen LogP contribution in [0.25, 0.3) is 11.1 Å². The van der Waals surface area contributed by atoms with Gasteiger partial charge >= 0.3 is 5.76 Å². The van der Waals surface area contributed by atoms with E-state index in [1.807, 2.05) is 24.3 Å². The van der Waals surface area contributed by atoms with E-state index in [1.165, 1.54) is 30.4 Å². The maximum Gasteiger partial charge on any atom is 0.419 e. The molecule has 25 heavy (non-hydrogen) atoms. The van der Waals surface area contributed by atoms with Gasteiger partial charge in [-0.15, -0.1) is 0 Å². The van der Waals surface area contributed by atoms with Crippen LogP contribution in [0.15, 0.2) is 57.7 Å². The van der Waals surface area contributed by atoms with Crippen LogP contribution in [-0.2, 0) is 13.0 Å². The molecule has 0 saturated carbocycles. The lowest BCUT2D eigenvalue weighted by molar-refractivity contribution is 0.215. The van der Waals surface area contributed by atoms with Gasteiger partial charge in [0.25, 0.3) is 0 Å². The molecular formula is C21H24N2O2. The molecular weight excluding hydrogens is 312 g/mol. The van der Waals surface area contributed by atoms with Crippen LogP contribution in [0.4, 0.5) is 0 Å². The Bertz CT molecular complexity index is 925. The largest absolute Gasteiger partial charge is 0.419 e. The van der Waals surface area contributed by atoms with Crippen molar-refractivity contribution in [3.8, 4) is 0 Å². The summed E-state index contributed by atoms with van der Waals surface area (Å²) in [5.74, 6) is -0.258. The van der Waals surface area contributed by atoms with Crippen LogP contribution in [0.5, 0.6) is 0 Å². The Hall–Kier alpha value is -2.33. The SMILES string of the molecule is CN(CCCn1c(=O)oc2ccccc21)[C@H]1CCCc2ccccc21. The van der Waals surface area contributed by atoms with E-state index in [-0.39, 0.29) is 5.76 Å². The summed E-state index contributed by atoms with van der Waals surface area (Å²) in [6, 6.07) is 16.9. The molecule has 0 amide bonds. The molecule has 0 saturated heterocycles. The number of fused-ring (bicyclic) bond motifs is 2. The minimum absolute atomic E-state index is 0.258. The highest BCUT2D eigenvalue weighted by Gasteiger charge is 2.23. The van der Waals surface area contributed by atoms with Crippen molar-refractivity contribution < 1.29 is 4.42 Å². The molecule has 130 valence electrons. The fourth-order valence-corrected chi connectivity index (χ4v) is 4.05. The van der Waals surface area contributed by atoms with Gasteiger partial charge in [0.1, 0.15) is 0 Å². The molecule has 0 bridgehead atoms. The molecule has 2 aromatic carbocycles. The number of hydrogen-bond acceptors (Lipinski definition) is 3. The van der Waals surface area contributed by atoms with Crippen LogP contribution in [0.2, 0.25) is 0 Å². The van der Waals surface area contributed by atoms with Gasteiger partial charge in [0.2, 0.25) is 0 Å². The fourth-order valence-electron chi connectivity index (χ4n) is 4.05. The number of nitrogens with zero attached hydrogens (tertiary/aromatic N) is 2. The van der Waals surface area contributed by atoms with Crippen molar-refractivity contribution in [3.05, 3.63) is 70.2 Å². The number of aromatic nitrogens is 1. The Balaban J connectivity index is 1.44. The Kier molecular flexibility index (Phi) is 4.45. The molecule has 4 nitrogen and oxygen atoms in total. The van der Waals surface area contributed by atoms with Gasteiger partial charge in [-0.3, -0.25) is 9.47 Å². The van der Waals surface area contributed by atoms with Gasteiger partial charge in [0.15, 0.2) is 5.58 Å². The van der Waals surface area contributed by atoms with Gasteiger partial charge in [-0.2, -0.15) is 0 Å². The standard InChI is InChI=1S/C21H24N2O2/c1-22(18-12-6-9-16-8-2-3-10-17(16)18)14-7-15-23-19-11-4-5-13-20(19)25-21(23)24/h2-5,8,10-11,13,18H,6-7,9,12,14-15H2,1H3/t18-/m0/s1. The lowest BCUT2D eigenvalue weighted by Crippen LogP contribution is -2.29. The summed E-state index contributed by atoms with van der Waals surface area (Å²) in [7, 11) is 2.20. The summed E-state index contributed by atoms with van der Waals surface area (Å²) in [6.07, 6.45) is 4.58. The third kappa shape index (κ3) is 3.14. The van der Waals surface area contributed by atoms with Crippen LogP contribution in [0.3, 0.4) is 0 Å². The zero-order chi connectivity index (χ0) is 17.2. The minimum Gasteiger partial charge on any atom is -0.408 e. The first-order valence-electron chi connectivity index (χ1n) is 9.10. The zero-order valence-electron chi connectivity index (χ0n) is 14.6. The summed E-state index contributed by atoms with van der Waals surface area (Å²) in [5, 5.41) is 0. The van der Waals surface area contributed by atoms with E-state index < -0.39 is 0 Å². The van der Waals surface area contributed by atoms with Gasteiger partial charge in [-0.25, -0.2) is 4.79 Å². The van der Waals surface area contributed by atoms with Crippen molar-refractivity contribution in [1.29, 1.82) is 0 Å². The third-order valence-electron chi connectivity index (χ3n) is 5.34. The van der Waals surface area contributed by atoms with Gasteiger partial charge in [0, 0.05) is 19.1 Å². The number of oxazole rings is 1. The normalized spacial score (nSPS) is 17.1. The van der Waals surface area contributed by atoms with Crippen LogP contribution in [0, 0.1) is 0 Å². The number of para-hydroxylation sites is 2. The van der Waals surface area contributed by atoms with Gasteiger partial charge in [-0.05, 0) is 56.0 Å². The second-order valence-corrected chi connectivity index (χ2v) is 6.93. The summed E-state index contributed by atoms with van der Waals surface area (Å²) in [4.78, 5) is 14.5. The molecule has 0 aliphatic heterocycles. The molecule has 1 atom stereocenters. The highest BCUT2D eigenvalue weighted by molar-refractivity contribution is 5.72. The summed E-state index contributed by atoms with van der Waals surface area (Å²) in [6.45, 7) is 1.65. The smallest absolute Gasteiger partial charge is 0.408 e. The Morgan fingerprint density at radius 1 is 1.16 bits per heavy atom. The fraction of sp³-hybridized carbons (Fsp3) is 0.381. The maximum atomic E-state index is 12.1. The highest BCUT2D eigenvalue weighted by atomic mass is 16.4. The van der Waals surface area contributed by atoms with Gasteiger partial charge < -0.3 is 4.42 Å². The second kappa shape index (κ2) is 6.89. The predicted molar refractivity (Wildman–Crippen MR) is 99.8 cm³/mol. The lowest BCUT2D eigenvalue weighted by Gasteiger charge is -2.33. The first kappa shape index (κ1) is 16.2. The monoisotopic (exact) mass is 336 g/mol. The predicted octanol–water partition coefficient (Wildman–Crippen LogP) is 3.99. The van der Waals surface area contributed by atoms with E-state index in [4.69, 9.17) is 4.42 Å². The first-order valence-corrected chi connectivity index (χ1v) is 9.10. The number of hydrogen-bond donors (Lipinski definition) is 0. The second-order valence-electron chi connectivity index (χ2n) is 6.93. The van der Waals surface area contributed by atoms with Crippen LogP contribution in [0.1, 0.15) is 36.4 Å². The number of aryl methyl sites for hydroxylation is 2. The zero-order valence-corrected chi connectivity index (χ0v) is 14.6. The lowest BCUT2D eigenvalue weighted by atomic mass is 9.87. The summed E-state index contributed by atoms with van der Waals surface area (Å²) >= 11 is 0. The Morgan fingerprint density at radius 2 is 1.96 bits per heavy atom. The quantitative estimate of drug-likeness (QED) is 0.707. The first-order chi connectivity index (χ1) is 12.2. The van der Waals surface area contributed by atoms with Gasteiger partial charge in [0.05, 0.1) is 5.52 Å². The highest BCUT2D eigenvalue weighted by Crippen LogP contribution is 2.33. The van der Waals surface area contributed by atoms with E-state index in [0.29, 0.717) is 18.2 Å². The Labute approximate surface area is 147 Å². The number of rotatable bonds is 5. The minimum atomic E-state index is -0.258.